The Morgan fingerprint density at radius 3 is 0.667 bits per heavy atom. The average Bonchev–Trinajstić information content (AvgIpc) is 1.61. The third-order valence-corrected chi connectivity index (χ3v) is 19.6. The number of nitrogens with zero attached hydrogens (tertiary/aromatic N) is 2. The van der Waals surface area contributed by atoms with Crippen molar-refractivity contribution in [1.29, 1.82) is 0 Å². The maximum atomic E-state index is 12.7. The molecule has 0 radical (unpaired) electrons. The maximum Gasteiger partial charge on any atom is 2.00 e. The topological polar surface area (TPSA) is 25.3 Å². The van der Waals surface area contributed by atoms with Crippen LogP contribution in [0.15, 0.2) is 47.5 Å². The summed E-state index contributed by atoms with van der Waals surface area (Å²) in [5, 5.41) is 0. The first kappa shape index (κ1) is 95.3. The molecule has 0 unspecified atom stereocenters. The Morgan fingerprint density at radius 1 is 0.253 bits per heavy atom. The normalized spacial score (nSPS) is 11.6. The second kappa shape index (κ2) is 74.0. The van der Waals surface area contributed by atoms with Crippen LogP contribution >= 0.6 is 0 Å². The predicted molar refractivity (Wildman–Crippen MR) is 440 cm³/mol. The van der Waals surface area contributed by atoms with Crippen LogP contribution in [0, 0.1) is 61.2 Å². The molecule has 3 rings (SSSR count). The number of rotatable bonds is 58. The Bertz CT molecular complexity index is 2360. The van der Waals surface area contributed by atoms with Crippen LogP contribution in [0.5, 0.6) is 0 Å². The molecule has 2 nitrogen and oxygen atoms in total. The minimum absolute atomic E-state index is 0. The van der Waals surface area contributed by atoms with E-state index in [4.69, 9.17) is 0 Å². The van der Waals surface area contributed by atoms with E-state index in [1.807, 2.05) is 0 Å². The summed E-state index contributed by atoms with van der Waals surface area (Å²) in [4.78, 5) is 0. The molecule has 2 aromatic rings. The second-order valence-corrected chi connectivity index (χ2v) is 29.2. The van der Waals surface area contributed by atoms with Crippen molar-refractivity contribution in [2.24, 2.45) is 0 Å². The van der Waals surface area contributed by atoms with Crippen molar-refractivity contribution in [1.82, 2.24) is 0 Å². The molecule has 2 aromatic carbocycles. The molecule has 3 heteroatoms. The standard InChI is InChI=1S/C56H76N2.2C20H41.Ni/c1-7-13-19-24-29-34-40-54-53(39-18-12-6)55(51-43-47(35-30-25-20-14-8-2)41-48(44-51)36-31-26-21-15-9-3)58(57)56(54)52-45-49(37-32-27-22-16-10-4)42-50(46-52)38-33-28-23-17-11-5;2*1-3-5-7-9-11-13-15-17-19-20-18-16-14-12-10-8-6-4-2;/h41-46H,7-29,34,39-40H2,1-6H3;2*1,3-20H2,2H3;/q;2*-1;+2. The van der Waals surface area contributed by atoms with Gasteiger partial charge in [0, 0.05) is 70.2 Å². The van der Waals surface area contributed by atoms with Crippen LogP contribution in [0.2, 0.25) is 0 Å². The Hall–Kier alpha value is -3.75. The minimum atomic E-state index is 0. The largest absolute Gasteiger partial charge is 2.00 e. The Kier molecular flexibility index (Phi) is 71.2. The van der Waals surface area contributed by atoms with Gasteiger partial charge in [-0.1, -0.05) is 411 Å². The molecule has 0 atom stereocenters. The van der Waals surface area contributed by atoms with E-state index in [9.17, 15) is 5.53 Å². The van der Waals surface area contributed by atoms with E-state index in [-0.39, 0.29) is 16.5 Å². The van der Waals surface area contributed by atoms with Crippen molar-refractivity contribution >= 4 is 11.4 Å². The van der Waals surface area contributed by atoms with E-state index in [2.05, 4.69) is 153 Å². The van der Waals surface area contributed by atoms with Gasteiger partial charge < -0.3 is 19.4 Å². The van der Waals surface area contributed by atoms with Crippen LogP contribution in [0.4, 0.5) is 0 Å². The number of allylic oxidation sites excluding steroid dienone is 2. The van der Waals surface area contributed by atoms with Gasteiger partial charge in [0.15, 0.2) is 0 Å². The average molecular weight is 1400 g/mol. The predicted octanol–water partition coefficient (Wildman–Crippen LogP) is 32.2. The molecule has 1 aliphatic rings. The molecule has 1 heterocycles. The third-order valence-electron chi connectivity index (χ3n) is 19.6. The molecule has 0 saturated carbocycles. The molecule has 0 fully saturated rings. The zero-order valence-electron chi connectivity index (χ0n) is 66.9. The first-order valence-electron chi connectivity index (χ1n) is 43.1. The summed E-state index contributed by atoms with van der Waals surface area (Å²) in [6.45, 7) is 25.9. The molecular weight excluding hydrogens is 1240 g/mol. The summed E-state index contributed by atoms with van der Waals surface area (Å²) in [7, 11) is 0. The van der Waals surface area contributed by atoms with E-state index in [0.717, 1.165) is 141 Å². The summed E-state index contributed by atoms with van der Waals surface area (Å²) in [5.41, 5.74) is 22.8. The van der Waals surface area contributed by atoms with Crippen LogP contribution < -0.4 is 0 Å². The van der Waals surface area contributed by atoms with Crippen molar-refractivity contribution in [2.45, 2.75) is 453 Å². The fourth-order valence-corrected chi connectivity index (χ4v) is 13.4. The Balaban J connectivity index is 0.00000191. The van der Waals surface area contributed by atoms with Gasteiger partial charge in [0.25, 0.3) is 0 Å². The minimum Gasteiger partial charge on any atom is -0.493 e. The number of hydrogen-bond donors (Lipinski definition) is 0. The molecule has 0 saturated heterocycles. The summed E-state index contributed by atoms with van der Waals surface area (Å²) in [6, 6.07) is 13.1. The zero-order valence-corrected chi connectivity index (χ0v) is 67.9. The van der Waals surface area contributed by atoms with Gasteiger partial charge in [-0.15, -0.1) is 0 Å². The first-order chi connectivity index (χ1) is 48.3. The molecule has 0 spiro atoms. The van der Waals surface area contributed by atoms with Crippen molar-refractivity contribution < 1.29 is 21.2 Å². The van der Waals surface area contributed by atoms with Crippen molar-refractivity contribution in [2.75, 3.05) is 0 Å². The second-order valence-electron chi connectivity index (χ2n) is 29.2. The molecule has 0 aliphatic carbocycles. The van der Waals surface area contributed by atoms with E-state index in [1.165, 1.54) is 318 Å². The Labute approximate surface area is 629 Å². The van der Waals surface area contributed by atoms with Crippen molar-refractivity contribution in [3.05, 3.63) is 100 Å². The van der Waals surface area contributed by atoms with Gasteiger partial charge >= 0.3 is 16.5 Å². The van der Waals surface area contributed by atoms with Crippen LogP contribution in [0.1, 0.15) is 487 Å². The SMILES string of the molecule is CCCCCC#Cc1cc(C#CCCCCC)cc(C2=C(CCCC)C(CCCCCCCC)=C(c3cc(C#CCCCCC)cc(C#CCCCCC)c3)[N+]2=[N-])c1.[CH2-]CCCCCCCCCCCCCCCCCCC.[CH2-]CCCCCCCCCCCCCCCCCCC.[Ni+2]. The van der Waals surface area contributed by atoms with E-state index < -0.39 is 0 Å². The molecule has 0 N–H and O–H groups in total. The van der Waals surface area contributed by atoms with Crippen LogP contribution in [0.25, 0.3) is 16.9 Å². The smallest absolute Gasteiger partial charge is 0.493 e. The Morgan fingerprint density at radius 2 is 0.444 bits per heavy atom. The van der Waals surface area contributed by atoms with Gasteiger partial charge in [-0.2, -0.15) is 12.8 Å². The summed E-state index contributed by atoms with van der Waals surface area (Å²) < 4.78 is 1.52. The van der Waals surface area contributed by atoms with Crippen LogP contribution in [-0.4, -0.2) is 4.70 Å². The summed E-state index contributed by atoms with van der Waals surface area (Å²) in [6.07, 6.45) is 80.5. The van der Waals surface area contributed by atoms with Gasteiger partial charge in [0.2, 0.25) is 11.4 Å². The fourth-order valence-electron chi connectivity index (χ4n) is 13.4. The molecule has 562 valence electrons. The number of unbranched alkanes of at least 4 members (excludes halogenated alkanes) is 52. The molecule has 99 heavy (non-hydrogen) atoms. The van der Waals surface area contributed by atoms with Crippen LogP contribution in [-0.2, 0) is 16.5 Å². The molecule has 0 bridgehead atoms. The quantitative estimate of drug-likeness (QED) is 0.0207. The monoisotopic (exact) mass is 1400 g/mol. The van der Waals surface area contributed by atoms with Gasteiger partial charge in [0.05, 0.1) is 0 Å². The fraction of sp³-hybridized carbons (Fsp3) is 0.729. The van der Waals surface area contributed by atoms with Gasteiger partial charge in [0.1, 0.15) is 0 Å². The van der Waals surface area contributed by atoms with E-state index in [1.54, 1.807) is 0 Å². The van der Waals surface area contributed by atoms with Crippen molar-refractivity contribution in [3.63, 3.8) is 0 Å². The summed E-state index contributed by atoms with van der Waals surface area (Å²) >= 11 is 0. The molecule has 0 amide bonds. The first-order valence-corrected chi connectivity index (χ1v) is 43.1. The van der Waals surface area contributed by atoms with Gasteiger partial charge in [-0.3, -0.25) is 0 Å². The number of hydrogen-bond acceptors (Lipinski definition) is 0. The molecule has 0 aromatic heterocycles. The van der Waals surface area contributed by atoms with Crippen molar-refractivity contribution in [3.8, 4) is 47.4 Å². The number of benzene rings is 2. The maximum absolute atomic E-state index is 12.7. The van der Waals surface area contributed by atoms with E-state index in [0.29, 0.717) is 0 Å². The summed E-state index contributed by atoms with van der Waals surface area (Å²) in [5.74, 6) is 27.8. The van der Waals surface area contributed by atoms with E-state index >= 15 is 0 Å². The van der Waals surface area contributed by atoms with Gasteiger partial charge in [-0.05, 0) is 87.8 Å². The molecular formula is C96H158N2Ni. The molecule has 1 aliphatic heterocycles. The van der Waals surface area contributed by atoms with Crippen LogP contribution in [0.3, 0.4) is 0 Å². The third kappa shape index (κ3) is 53.7. The zero-order chi connectivity index (χ0) is 71.1. The van der Waals surface area contributed by atoms with Gasteiger partial charge in [-0.25, -0.2) is 4.70 Å².